The molecule has 0 spiro atoms. The topological polar surface area (TPSA) is 97.0 Å². The van der Waals surface area contributed by atoms with E-state index in [1.807, 2.05) is 17.0 Å². The summed E-state index contributed by atoms with van der Waals surface area (Å²) in [4.78, 5) is 26.9. The van der Waals surface area contributed by atoms with E-state index in [1.54, 1.807) is 42.7 Å². The number of rotatable bonds is 7. The molecular formula is C37H30F2N6O2S. The van der Waals surface area contributed by atoms with E-state index >= 15 is 0 Å². The maximum Gasteiger partial charge on any atom is 0.257 e. The minimum absolute atomic E-state index is 0.0314. The van der Waals surface area contributed by atoms with Crippen LogP contribution in [0.1, 0.15) is 75.7 Å². The van der Waals surface area contributed by atoms with Gasteiger partial charge in [0.1, 0.15) is 17.5 Å². The molecule has 0 bridgehead atoms. The van der Waals surface area contributed by atoms with Gasteiger partial charge < -0.3 is 14.6 Å². The van der Waals surface area contributed by atoms with Gasteiger partial charge in [-0.25, -0.2) is 13.8 Å². The van der Waals surface area contributed by atoms with Gasteiger partial charge >= 0.3 is 0 Å². The summed E-state index contributed by atoms with van der Waals surface area (Å²) in [5, 5.41) is 13.2. The second kappa shape index (κ2) is 11.3. The van der Waals surface area contributed by atoms with Gasteiger partial charge in [0, 0.05) is 30.1 Å². The highest BCUT2D eigenvalue weighted by atomic mass is 32.1. The normalized spacial score (nSPS) is 18.1. The predicted octanol–water partition coefficient (Wildman–Crippen LogP) is 8.17. The molecule has 6 aromatic rings. The third-order valence-electron chi connectivity index (χ3n) is 9.85. The molecule has 0 saturated carbocycles. The zero-order chi connectivity index (χ0) is 32.5. The second-order valence-electron chi connectivity index (χ2n) is 12.7. The van der Waals surface area contributed by atoms with E-state index in [1.165, 1.54) is 18.2 Å². The largest absolute Gasteiger partial charge is 0.421 e. The minimum atomic E-state index is -0.282. The van der Waals surface area contributed by atoms with Crippen molar-refractivity contribution in [1.82, 2.24) is 25.1 Å². The summed E-state index contributed by atoms with van der Waals surface area (Å²) in [6.45, 7) is 2.43. The number of pyridine rings is 2. The molecule has 240 valence electrons. The quantitative estimate of drug-likeness (QED) is 0.185. The maximum absolute atomic E-state index is 14.5. The van der Waals surface area contributed by atoms with E-state index < -0.39 is 0 Å². The SMILES string of the molecule is Cc1nnc(-c2c(CCc3ccc(F)cc3)nc3c(c2-c2cc4ccnc(N[C@@H]5CCc6c(F)cccc65)c4s2)C(=O)N2CCC[C@@H]32)o1. The molecule has 1 fully saturated rings. The predicted molar refractivity (Wildman–Crippen MR) is 179 cm³/mol. The van der Waals surface area contributed by atoms with Crippen LogP contribution in [0, 0.1) is 18.6 Å². The molecule has 11 heteroatoms. The van der Waals surface area contributed by atoms with Crippen LogP contribution in [-0.4, -0.2) is 37.5 Å². The summed E-state index contributed by atoms with van der Waals surface area (Å²) < 4.78 is 35.3. The summed E-state index contributed by atoms with van der Waals surface area (Å²) in [6, 6.07) is 15.7. The summed E-state index contributed by atoms with van der Waals surface area (Å²) >= 11 is 1.55. The van der Waals surface area contributed by atoms with Crippen LogP contribution in [0.15, 0.2) is 65.2 Å². The highest BCUT2D eigenvalue weighted by molar-refractivity contribution is 7.23. The first-order valence-electron chi connectivity index (χ1n) is 16.3. The number of amides is 1. The fraction of sp³-hybridized carbons (Fsp3) is 0.270. The zero-order valence-electron chi connectivity index (χ0n) is 26.1. The number of aryl methyl sites for hydroxylation is 3. The summed E-state index contributed by atoms with van der Waals surface area (Å²) in [6.07, 6.45) is 6.14. The van der Waals surface area contributed by atoms with E-state index in [0.717, 1.165) is 73.7 Å². The fourth-order valence-corrected chi connectivity index (χ4v) is 8.80. The number of nitrogens with one attached hydrogen (secondary N) is 1. The highest BCUT2D eigenvalue weighted by Crippen LogP contribution is 2.50. The molecule has 6 heterocycles. The first-order valence-corrected chi connectivity index (χ1v) is 17.1. The third kappa shape index (κ3) is 4.70. The number of aromatic nitrogens is 4. The number of hydrogen-bond acceptors (Lipinski definition) is 8. The molecule has 48 heavy (non-hydrogen) atoms. The molecule has 2 atom stereocenters. The second-order valence-corrected chi connectivity index (χ2v) is 13.8. The van der Waals surface area contributed by atoms with Gasteiger partial charge in [0.15, 0.2) is 0 Å². The van der Waals surface area contributed by atoms with Crippen molar-refractivity contribution in [2.24, 2.45) is 0 Å². The number of hydrogen-bond donors (Lipinski definition) is 1. The molecule has 1 amide bonds. The van der Waals surface area contributed by atoms with Crippen molar-refractivity contribution >= 4 is 33.1 Å². The molecule has 9 rings (SSSR count). The fourth-order valence-electron chi connectivity index (χ4n) is 7.63. The number of carbonyl (C=O) groups is 1. The Morgan fingerprint density at radius 2 is 1.90 bits per heavy atom. The van der Waals surface area contributed by atoms with Crippen molar-refractivity contribution in [3.05, 3.63) is 112 Å². The molecule has 3 aliphatic rings. The van der Waals surface area contributed by atoms with Crippen LogP contribution in [0.25, 0.3) is 32.0 Å². The monoisotopic (exact) mass is 660 g/mol. The third-order valence-corrected chi connectivity index (χ3v) is 11.0. The molecule has 0 radical (unpaired) electrons. The van der Waals surface area contributed by atoms with Crippen molar-refractivity contribution in [3.63, 3.8) is 0 Å². The molecule has 2 aliphatic heterocycles. The molecule has 8 nitrogen and oxygen atoms in total. The number of halogens is 2. The van der Waals surface area contributed by atoms with Gasteiger partial charge in [-0.3, -0.25) is 9.78 Å². The Morgan fingerprint density at radius 1 is 1.02 bits per heavy atom. The number of nitrogens with zero attached hydrogens (tertiary/aromatic N) is 5. The number of anilines is 1. The lowest BCUT2D eigenvalue weighted by atomic mass is 9.93. The Labute approximate surface area is 278 Å². The molecule has 0 unspecified atom stereocenters. The summed E-state index contributed by atoms with van der Waals surface area (Å²) in [5.41, 5.74) is 6.24. The minimum Gasteiger partial charge on any atom is -0.421 e. The molecule has 1 saturated heterocycles. The van der Waals surface area contributed by atoms with Crippen molar-refractivity contribution in [3.8, 4) is 21.9 Å². The Balaban J connectivity index is 1.21. The first-order chi connectivity index (χ1) is 23.4. The van der Waals surface area contributed by atoms with Gasteiger partial charge in [-0.1, -0.05) is 24.3 Å². The molecular weight excluding hydrogens is 631 g/mol. The van der Waals surface area contributed by atoms with Crippen molar-refractivity contribution in [2.45, 2.75) is 57.5 Å². The zero-order valence-corrected chi connectivity index (χ0v) is 26.9. The Kier molecular flexibility index (Phi) is 6.86. The average molecular weight is 661 g/mol. The number of benzene rings is 2. The van der Waals surface area contributed by atoms with Gasteiger partial charge in [0.25, 0.3) is 5.91 Å². The van der Waals surface area contributed by atoms with E-state index in [2.05, 4.69) is 21.6 Å². The summed E-state index contributed by atoms with van der Waals surface area (Å²) in [7, 11) is 0. The van der Waals surface area contributed by atoms with E-state index in [4.69, 9.17) is 14.4 Å². The highest BCUT2D eigenvalue weighted by Gasteiger charge is 2.45. The van der Waals surface area contributed by atoms with Crippen LogP contribution in [0.2, 0.25) is 0 Å². The van der Waals surface area contributed by atoms with Gasteiger partial charge in [-0.2, -0.15) is 0 Å². The molecule has 1 N–H and O–H groups in total. The van der Waals surface area contributed by atoms with Crippen LogP contribution in [-0.2, 0) is 19.3 Å². The van der Waals surface area contributed by atoms with Crippen molar-refractivity contribution in [1.29, 1.82) is 0 Å². The van der Waals surface area contributed by atoms with Crippen LogP contribution >= 0.6 is 11.3 Å². The molecule has 2 aromatic carbocycles. The summed E-state index contributed by atoms with van der Waals surface area (Å²) in [5.74, 6) is 0.956. The van der Waals surface area contributed by atoms with Gasteiger partial charge in [-0.15, -0.1) is 21.5 Å². The number of carbonyl (C=O) groups excluding carboxylic acids is 1. The Bertz CT molecular complexity index is 2250. The molecule has 1 aliphatic carbocycles. The van der Waals surface area contributed by atoms with E-state index in [0.29, 0.717) is 48.7 Å². The van der Waals surface area contributed by atoms with Crippen LogP contribution in [0.4, 0.5) is 14.6 Å². The Hall–Kier alpha value is -5.03. The molecule has 4 aromatic heterocycles. The van der Waals surface area contributed by atoms with Crippen LogP contribution in [0.3, 0.4) is 0 Å². The van der Waals surface area contributed by atoms with Crippen molar-refractivity contribution < 1.29 is 18.0 Å². The van der Waals surface area contributed by atoms with E-state index in [-0.39, 0.29) is 29.6 Å². The first kappa shape index (κ1) is 29.1. The van der Waals surface area contributed by atoms with Gasteiger partial charge in [-0.05, 0) is 90.9 Å². The Morgan fingerprint density at radius 3 is 2.73 bits per heavy atom. The number of thiophene rings is 1. The maximum atomic E-state index is 14.5. The number of fused-ring (bicyclic) bond motifs is 5. The van der Waals surface area contributed by atoms with Gasteiger partial charge in [0.2, 0.25) is 11.8 Å². The van der Waals surface area contributed by atoms with Crippen molar-refractivity contribution in [2.75, 3.05) is 11.9 Å². The van der Waals surface area contributed by atoms with E-state index in [9.17, 15) is 13.6 Å². The lowest BCUT2D eigenvalue weighted by Gasteiger charge is -2.16. The standard InChI is InChI=1S/C37H30F2N6O2S/c1-19-43-44-36(47-19)30-27(13-9-20-7-10-22(38)11-8-20)41-33-28-6-3-17-45(28)37(46)32(33)31(30)29-18-21-15-16-40-35(34(21)48-29)42-26-14-12-23-24(26)4-2-5-25(23)39/h2,4-5,7-8,10-11,15-16,18,26,28H,3,6,9,12-14,17H2,1H3,(H,40,42)/t26-,28+/m1/s1. The van der Waals surface area contributed by atoms with Gasteiger partial charge in [0.05, 0.1) is 39.3 Å². The van der Waals surface area contributed by atoms with Crippen LogP contribution in [0.5, 0.6) is 0 Å². The lowest BCUT2D eigenvalue weighted by molar-refractivity contribution is 0.0776. The van der Waals surface area contributed by atoms with Crippen LogP contribution < -0.4 is 5.32 Å². The smallest absolute Gasteiger partial charge is 0.257 e. The lowest BCUT2D eigenvalue weighted by Crippen LogP contribution is -2.22. The average Bonchev–Trinajstić information content (AvgIpc) is 3.92.